The van der Waals surface area contributed by atoms with Crippen molar-refractivity contribution < 1.29 is 17.9 Å². The van der Waals surface area contributed by atoms with Gasteiger partial charge >= 0.3 is 0 Å². The van der Waals surface area contributed by atoms with Crippen LogP contribution in [0.4, 0.5) is 0 Å². The van der Waals surface area contributed by atoms with Gasteiger partial charge in [-0.2, -0.15) is 0 Å². The predicted octanol–water partition coefficient (Wildman–Crippen LogP) is 2.84. The minimum absolute atomic E-state index is 0.0211. The van der Waals surface area contributed by atoms with E-state index in [2.05, 4.69) is 36.6 Å². The van der Waals surface area contributed by atoms with Gasteiger partial charge in [-0.3, -0.25) is 0 Å². The Balaban J connectivity index is 2.15. The van der Waals surface area contributed by atoms with Crippen LogP contribution < -0.4 is 4.72 Å². The average Bonchev–Trinajstić information content (AvgIpc) is 2.93. The summed E-state index contributed by atoms with van der Waals surface area (Å²) in [6, 6.07) is 3.13. The predicted molar refractivity (Wildman–Crippen MR) is 78.4 cm³/mol. The smallest absolute Gasteiger partial charge is 0.245 e. The molecular weight excluding hydrogens is 422 g/mol. The molecule has 0 amide bonds. The van der Waals surface area contributed by atoms with Gasteiger partial charge < -0.3 is 9.52 Å². The van der Waals surface area contributed by atoms with Crippen LogP contribution in [0.5, 0.6) is 0 Å². The van der Waals surface area contributed by atoms with E-state index in [0.29, 0.717) is 0 Å². The van der Waals surface area contributed by atoms with E-state index in [9.17, 15) is 8.42 Å². The topological polar surface area (TPSA) is 79.5 Å². The van der Waals surface area contributed by atoms with Gasteiger partial charge in [0.05, 0.1) is 0 Å². The summed E-state index contributed by atoms with van der Waals surface area (Å²) >= 11 is 7.78. The standard InChI is InChI=1S/C10H9Br2NO4S2/c11-6-1-8(18-5-6)3-13-19(15,16)9-2-7(4-14)17-10(9)12/h1-2,5,13-14H,3-4H2. The molecule has 2 aromatic heterocycles. The lowest BCUT2D eigenvalue weighted by Crippen LogP contribution is -2.22. The van der Waals surface area contributed by atoms with Gasteiger partial charge in [0.1, 0.15) is 17.3 Å². The fourth-order valence-corrected chi connectivity index (χ4v) is 4.83. The first kappa shape index (κ1) is 15.2. The summed E-state index contributed by atoms with van der Waals surface area (Å²) in [5, 5.41) is 10.8. The molecule has 2 N–H and O–H groups in total. The zero-order chi connectivity index (χ0) is 14.0. The summed E-state index contributed by atoms with van der Waals surface area (Å²) < 4.78 is 32.7. The molecule has 0 aliphatic heterocycles. The van der Waals surface area contributed by atoms with Crippen molar-refractivity contribution in [3.8, 4) is 0 Å². The minimum atomic E-state index is -3.68. The maximum absolute atomic E-state index is 12.1. The van der Waals surface area contributed by atoms with E-state index >= 15 is 0 Å². The molecule has 0 aliphatic carbocycles. The van der Waals surface area contributed by atoms with Crippen LogP contribution in [0.1, 0.15) is 10.6 Å². The maximum atomic E-state index is 12.1. The Morgan fingerprint density at radius 3 is 2.63 bits per heavy atom. The van der Waals surface area contributed by atoms with Crippen molar-refractivity contribution in [2.24, 2.45) is 0 Å². The van der Waals surface area contributed by atoms with E-state index in [1.807, 2.05) is 11.4 Å². The van der Waals surface area contributed by atoms with Crippen molar-refractivity contribution in [2.75, 3.05) is 0 Å². The van der Waals surface area contributed by atoms with Crippen molar-refractivity contribution in [3.05, 3.63) is 37.3 Å². The fourth-order valence-electron chi connectivity index (χ4n) is 1.35. The van der Waals surface area contributed by atoms with E-state index in [1.54, 1.807) is 0 Å². The third-order valence-electron chi connectivity index (χ3n) is 2.21. The molecule has 104 valence electrons. The summed E-state index contributed by atoms with van der Waals surface area (Å²) in [5.74, 6) is 0.186. The third-order valence-corrected chi connectivity index (χ3v) is 6.17. The lowest BCUT2D eigenvalue weighted by atomic mass is 10.5. The van der Waals surface area contributed by atoms with Crippen LogP contribution in [0, 0.1) is 0 Å². The fraction of sp³-hybridized carbons (Fsp3) is 0.200. The lowest BCUT2D eigenvalue weighted by molar-refractivity contribution is 0.245. The molecular formula is C10H9Br2NO4S2. The number of nitrogens with one attached hydrogen (secondary N) is 1. The molecule has 0 aromatic carbocycles. The molecule has 5 nitrogen and oxygen atoms in total. The highest BCUT2D eigenvalue weighted by molar-refractivity contribution is 9.10. The minimum Gasteiger partial charge on any atom is -0.450 e. The molecule has 2 rings (SSSR count). The summed E-state index contributed by atoms with van der Waals surface area (Å²) in [7, 11) is -3.68. The van der Waals surface area contributed by atoms with Crippen LogP contribution in [-0.2, 0) is 23.2 Å². The van der Waals surface area contributed by atoms with Crippen LogP contribution in [0.15, 0.2) is 36.0 Å². The van der Waals surface area contributed by atoms with E-state index < -0.39 is 10.0 Å². The SMILES string of the molecule is O=S(=O)(NCc1cc(Br)cs1)c1cc(CO)oc1Br. The van der Waals surface area contributed by atoms with Crippen LogP contribution in [-0.4, -0.2) is 13.5 Å². The van der Waals surface area contributed by atoms with E-state index in [4.69, 9.17) is 9.52 Å². The first-order chi connectivity index (χ1) is 8.92. The number of hydrogen-bond acceptors (Lipinski definition) is 5. The molecule has 0 aliphatic rings. The number of thiophene rings is 1. The molecule has 0 fully saturated rings. The number of aliphatic hydroxyl groups is 1. The molecule has 0 radical (unpaired) electrons. The van der Waals surface area contributed by atoms with Gasteiger partial charge in [-0.05, 0) is 37.9 Å². The quantitative estimate of drug-likeness (QED) is 0.764. The van der Waals surface area contributed by atoms with Crippen molar-refractivity contribution >= 4 is 53.2 Å². The number of aliphatic hydroxyl groups excluding tert-OH is 1. The normalized spacial score (nSPS) is 11.9. The van der Waals surface area contributed by atoms with Gasteiger partial charge in [0.15, 0.2) is 4.67 Å². The highest BCUT2D eigenvalue weighted by Gasteiger charge is 2.22. The van der Waals surface area contributed by atoms with Gasteiger partial charge in [-0.25, -0.2) is 13.1 Å². The molecule has 0 bridgehead atoms. The Bertz CT molecular complexity index is 678. The molecule has 0 saturated heterocycles. The Morgan fingerprint density at radius 1 is 1.37 bits per heavy atom. The summed E-state index contributed by atoms with van der Waals surface area (Å²) in [6.07, 6.45) is 0. The van der Waals surface area contributed by atoms with Gasteiger partial charge in [0.25, 0.3) is 0 Å². The molecule has 0 unspecified atom stereocenters. The zero-order valence-corrected chi connectivity index (χ0v) is 14.2. The molecule has 0 spiro atoms. The van der Waals surface area contributed by atoms with E-state index in [1.165, 1.54) is 17.4 Å². The Morgan fingerprint density at radius 2 is 2.11 bits per heavy atom. The van der Waals surface area contributed by atoms with Gasteiger partial charge in [-0.1, -0.05) is 0 Å². The summed E-state index contributed by atoms with van der Waals surface area (Å²) in [5.41, 5.74) is 0. The monoisotopic (exact) mass is 429 g/mol. The Kier molecular flexibility index (Phi) is 4.85. The summed E-state index contributed by atoms with van der Waals surface area (Å²) in [6.45, 7) is -0.156. The van der Waals surface area contributed by atoms with Crippen LogP contribution in [0.25, 0.3) is 0 Å². The highest BCUT2D eigenvalue weighted by atomic mass is 79.9. The second kappa shape index (κ2) is 6.06. The lowest BCUT2D eigenvalue weighted by Gasteiger charge is -2.03. The Hall–Kier alpha value is -0.190. The second-order valence-electron chi connectivity index (χ2n) is 3.56. The average molecular weight is 431 g/mol. The summed E-state index contributed by atoms with van der Waals surface area (Å²) in [4.78, 5) is 0.865. The molecule has 9 heteroatoms. The van der Waals surface area contributed by atoms with Gasteiger partial charge in [-0.15, -0.1) is 11.3 Å². The van der Waals surface area contributed by atoms with E-state index in [-0.39, 0.29) is 28.5 Å². The van der Waals surface area contributed by atoms with Crippen LogP contribution in [0.3, 0.4) is 0 Å². The molecule has 2 aromatic rings. The van der Waals surface area contributed by atoms with Crippen molar-refractivity contribution in [1.82, 2.24) is 4.72 Å². The molecule has 0 atom stereocenters. The number of furan rings is 1. The Labute approximate surface area is 130 Å². The van der Waals surface area contributed by atoms with Crippen LogP contribution in [0.2, 0.25) is 0 Å². The van der Waals surface area contributed by atoms with Gasteiger partial charge in [0, 0.05) is 27.3 Å². The number of hydrogen-bond donors (Lipinski definition) is 2. The van der Waals surface area contributed by atoms with Gasteiger partial charge in [0.2, 0.25) is 10.0 Å². The van der Waals surface area contributed by atoms with Crippen molar-refractivity contribution in [2.45, 2.75) is 18.0 Å². The maximum Gasteiger partial charge on any atom is 0.245 e. The second-order valence-corrected chi connectivity index (χ2v) is 7.93. The van der Waals surface area contributed by atoms with Crippen LogP contribution >= 0.6 is 43.2 Å². The number of sulfonamides is 1. The van der Waals surface area contributed by atoms with Crippen molar-refractivity contribution in [3.63, 3.8) is 0 Å². The first-order valence-electron chi connectivity index (χ1n) is 5.04. The molecule has 0 saturated carbocycles. The van der Waals surface area contributed by atoms with E-state index in [0.717, 1.165) is 9.35 Å². The molecule has 19 heavy (non-hydrogen) atoms. The molecule has 2 heterocycles. The third kappa shape index (κ3) is 3.67. The first-order valence-corrected chi connectivity index (χ1v) is 8.99. The largest absolute Gasteiger partial charge is 0.450 e. The highest BCUT2D eigenvalue weighted by Crippen LogP contribution is 2.26. The number of halogens is 2. The number of rotatable bonds is 5. The zero-order valence-electron chi connectivity index (χ0n) is 9.39. The van der Waals surface area contributed by atoms with Crippen molar-refractivity contribution in [1.29, 1.82) is 0 Å².